The van der Waals surface area contributed by atoms with Gasteiger partial charge in [-0.15, -0.1) is 0 Å². The number of para-hydroxylation sites is 2. The lowest BCUT2D eigenvalue weighted by Crippen LogP contribution is -2.12. The Kier molecular flexibility index (Phi) is 5.79. The van der Waals surface area contributed by atoms with E-state index in [9.17, 15) is 0 Å². The van der Waals surface area contributed by atoms with Gasteiger partial charge in [0.1, 0.15) is 0 Å². The predicted molar refractivity (Wildman–Crippen MR) is 179 cm³/mol. The predicted octanol–water partition coefficient (Wildman–Crippen LogP) is 10.7. The van der Waals surface area contributed by atoms with Crippen LogP contribution in [-0.2, 0) is 6.42 Å². The van der Waals surface area contributed by atoms with Crippen molar-refractivity contribution < 1.29 is 0 Å². The number of benzene rings is 6. The Hall–Kier alpha value is -5.34. The van der Waals surface area contributed by atoms with Crippen molar-refractivity contribution in [3.8, 4) is 11.1 Å². The molecule has 0 heterocycles. The Morgan fingerprint density at radius 2 is 1.17 bits per heavy atom. The van der Waals surface area contributed by atoms with Crippen LogP contribution in [0.4, 0.5) is 28.4 Å². The number of hydrogen-bond acceptors (Lipinski definition) is 2. The molecule has 0 aliphatic heterocycles. The third kappa shape index (κ3) is 3.95. The van der Waals surface area contributed by atoms with Gasteiger partial charge in [-0.3, -0.25) is 0 Å². The van der Waals surface area contributed by atoms with Crippen LogP contribution < -0.4 is 9.80 Å². The van der Waals surface area contributed by atoms with Crippen LogP contribution in [0.15, 0.2) is 146 Å². The number of fused-ring (bicyclic) bond motifs is 3. The van der Waals surface area contributed by atoms with E-state index in [4.69, 9.17) is 0 Å². The third-order valence-corrected chi connectivity index (χ3v) is 8.70. The minimum Gasteiger partial charge on any atom is -0.345 e. The Labute approximate surface area is 247 Å². The molecule has 6 aromatic carbocycles. The lowest BCUT2D eigenvalue weighted by atomic mass is 9.91. The fourth-order valence-electron chi connectivity index (χ4n) is 6.62. The summed E-state index contributed by atoms with van der Waals surface area (Å²) in [5, 5.41) is 2.59. The van der Waals surface area contributed by atoms with Crippen molar-refractivity contribution in [3.63, 3.8) is 0 Å². The van der Waals surface area contributed by atoms with Crippen molar-refractivity contribution >= 4 is 50.9 Å². The molecular weight excluding hydrogens is 508 g/mol. The molecule has 2 aliphatic carbocycles. The van der Waals surface area contributed by atoms with Crippen molar-refractivity contribution in [3.05, 3.63) is 162 Å². The van der Waals surface area contributed by atoms with Crippen LogP contribution in [0.25, 0.3) is 33.5 Å². The van der Waals surface area contributed by atoms with Gasteiger partial charge in [0.15, 0.2) is 0 Å². The molecule has 0 unspecified atom stereocenters. The zero-order valence-corrected chi connectivity index (χ0v) is 23.5. The first-order valence-electron chi connectivity index (χ1n) is 14.6. The van der Waals surface area contributed by atoms with E-state index < -0.39 is 0 Å². The summed E-state index contributed by atoms with van der Waals surface area (Å²) in [5.74, 6) is 0. The van der Waals surface area contributed by atoms with Gasteiger partial charge in [-0.05, 0) is 99.8 Å². The van der Waals surface area contributed by atoms with Gasteiger partial charge in [0.25, 0.3) is 0 Å². The van der Waals surface area contributed by atoms with E-state index in [1.165, 1.54) is 55.5 Å². The van der Waals surface area contributed by atoms with Crippen molar-refractivity contribution in [2.75, 3.05) is 16.8 Å². The normalized spacial score (nSPS) is 12.8. The summed E-state index contributed by atoms with van der Waals surface area (Å²) in [7, 11) is 2.12. The SMILES string of the molecule is CN(c1ccccc1)c1ccc(N(c2ccccc2)c2ccc3c4c(cccc24)-c2cccc4c2CC3=CC=C4)cc1. The fraction of sp³-hybridized carbons (Fsp3) is 0.0500. The number of nitrogens with zero attached hydrogens (tertiary/aromatic N) is 2. The summed E-state index contributed by atoms with van der Waals surface area (Å²) >= 11 is 0. The average molecular weight is 539 g/mol. The van der Waals surface area contributed by atoms with Gasteiger partial charge in [-0.2, -0.15) is 0 Å². The summed E-state index contributed by atoms with van der Waals surface area (Å²) in [6.07, 6.45) is 7.71. The molecule has 0 N–H and O–H groups in total. The van der Waals surface area contributed by atoms with Gasteiger partial charge >= 0.3 is 0 Å². The van der Waals surface area contributed by atoms with Crippen LogP contribution in [0.3, 0.4) is 0 Å². The summed E-state index contributed by atoms with van der Waals surface area (Å²) in [6.45, 7) is 0. The Morgan fingerprint density at radius 3 is 1.95 bits per heavy atom. The molecule has 0 amide bonds. The first kappa shape index (κ1) is 24.5. The molecule has 8 rings (SSSR count). The lowest BCUT2D eigenvalue weighted by Gasteiger charge is -2.28. The molecular formula is C40H30N2. The molecule has 0 saturated heterocycles. The van der Waals surface area contributed by atoms with Crippen molar-refractivity contribution in [2.24, 2.45) is 0 Å². The van der Waals surface area contributed by atoms with Gasteiger partial charge in [0, 0.05) is 35.2 Å². The zero-order valence-electron chi connectivity index (χ0n) is 23.5. The zero-order chi connectivity index (χ0) is 28.0. The summed E-state index contributed by atoms with van der Waals surface area (Å²) in [5.41, 5.74) is 13.8. The van der Waals surface area contributed by atoms with E-state index in [1.54, 1.807) is 0 Å². The smallest absolute Gasteiger partial charge is 0.0540 e. The molecule has 6 aromatic rings. The Morgan fingerprint density at radius 1 is 0.524 bits per heavy atom. The van der Waals surface area contributed by atoms with E-state index in [1.807, 2.05) is 0 Å². The van der Waals surface area contributed by atoms with Gasteiger partial charge in [0.05, 0.1) is 5.69 Å². The van der Waals surface area contributed by atoms with Crippen LogP contribution in [0.2, 0.25) is 0 Å². The summed E-state index contributed by atoms with van der Waals surface area (Å²) in [6, 6.07) is 48.3. The molecule has 0 saturated carbocycles. The summed E-state index contributed by atoms with van der Waals surface area (Å²) in [4.78, 5) is 4.62. The maximum Gasteiger partial charge on any atom is 0.0540 e. The Bertz CT molecular complexity index is 2000. The second-order valence-corrected chi connectivity index (χ2v) is 11.0. The third-order valence-electron chi connectivity index (χ3n) is 8.70. The molecule has 0 spiro atoms. The molecule has 0 atom stereocenters. The van der Waals surface area contributed by atoms with Crippen LogP contribution in [0.1, 0.15) is 16.7 Å². The highest BCUT2D eigenvalue weighted by Gasteiger charge is 2.25. The van der Waals surface area contributed by atoms with Crippen LogP contribution in [-0.4, -0.2) is 7.05 Å². The quantitative estimate of drug-likeness (QED) is 0.215. The molecule has 2 aliphatic rings. The van der Waals surface area contributed by atoms with Gasteiger partial charge in [-0.25, -0.2) is 0 Å². The minimum atomic E-state index is 0.945. The van der Waals surface area contributed by atoms with E-state index in [-0.39, 0.29) is 0 Å². The molecule has 0 fully saturated rings. The maximum absolute atomic E-state index is 2.40. The highest BCUT2D eigenvalue weighted by Crippen LogP contribution is 2.48. The standard InChI is InChI=1S/C40H30N2/c1-41(30-14-4-2-5-15-30)31-21-23-33(24-22-31)42(32-16-6-3-7-17-32)39-26-25-34-29-13-8-11-28-12-9-18-35(38(28)27-29)36-19-10-20-37(39)40(34)36/h2-26H,27H2,1H3. The summed E-state index contributed by atoms with van der Waals surface area (Å²) < 4.78 is 0. The average Bonchev–Trinajstić information content (AvgIpc) is 3.36. The fourth-order valence-corrected chi connectivity index (χ4v) is 6.62. The van der Waals surface area contributed by atoms with Gasteiger partial charge in [0.2, 0.25) is 0 Å². The molecule has 2 heteroatoms. The second kappa shape index (κ2) is 9.94. The molecule has 2 bridgehead atoms. The highest BCUT2D eigenvalue weighted by atomic mass is 15.1. The minimum absolute atomic E-state index is 0.945. The number of hydrogen-bond donors (Lipinski definition) is 0. The number of rotatable bonds is 5. The molecule has 200 valence electrons. The van der Waals surface area contributed by atoms with E-state index in [2.05, 4.69) is 169 Å². The highest BCUT2D eigenvalue weighted by molar-refractivity contribution is 6.12. The molecule has 0 aromatic heterocycles. The molecule has 0 radical (unpaired) electrons. The largest absolute Gasteiger partial charge is 0.345 e. The van der Waals surface area contributed by atoms with Crippen LogP contribution in [0, 0.1) is 0 Å². The van der Waals surface area contributed by atoms with Crippen molar-refractivity contribution in [2.45, 2.75) is 6.42 Å². The number of anilines is 5. The van der Waals surface area contributed by atoms with Crippen LogP contribution in [0.5, 0.6) is 0 Å². The van der Waals surface area contributed by atoms with Crippen LogP contribution >= 0.6 is 0 Å². The first-order chi connectivity index (χ1) is 20.8. The first-order valence-corrected chi connectivity index (χ1v) is 14.6. The molecule has 2 nitrogen and oxygen atoms in total. The lowest BCUT2D eigenvalue weighted by molar-refractivity contribution is 1.20. The monoisotopic (exact) mass is 538 g/mol. The van der Waals surface area contributed by atoms with E-state index in [0.29, 0.717) is 0 Å². The number of allylic oxidation sites excluding steroid dienone is 3. The topological polar surface area (TPSA) is 6.48 Å². The second-order valence-electron chi connectivity index (χ2n) is 11.0. The maximum atomic E-state index is 2.40. The van der Waals surface area contributed by atoms with Gasteiger partial charge in [-0.1, -0.05) is 97.1 Å². The van der Waals surface area contributed by atoms with Crippen molar-refractivity contribution in [1.82, 2.24) is 0 Å². The Balaban J connectivity index is 1.33. The van der Waals surface area contributed by atoms with Gasteiger partial charge < -0.3 is 9.80 Å². The van der Waals surface area contributed by atoms with E-state index >= 15 is 0 Å². The molecule has 42 heavy (non-hydrogen) atoms. The van der Waals surface area contributed by atoms with E-state index in [0.717, 1.165) is 23.5 Å². The van der Waals surface area contributed by atoms with Crippen molar-refractivity contribution in [1.29, 1.82) is 0 Å².